The second-order valence-electron chi connectivity index (χ2n) is 4.99. The lowest BCUT2D eigenvalue weighted by atomic mass is 9.78. The molecule has 2 heterocycles. The maximum absolute atomic E-state index is 10.8. The zero-order valence-electron chi connectivity index (χ0n) is 9.04. The summed E-state index contributed by atoms with van der Waals surface area (Å²) in [7, 11) is 0. The number of carbonyl (C=O) groups is 1. The first-order chi connectivity index (χ1) is 7.07. The predicted octanol–water partition coefficient (Wildman–Crippen LogP) is 3.39. The van der Waals surface area contributed by atoms with Gasteiger partial charge in [0, 0.05) is 5.56 Å². The van der Waals surface area contributed by atoms with Gasteiger partial charge in [0.1, 0.15) is 6.29 Å². The molecule has 2 atom stereocenters. The van der Waals surface area contributed by atoms with E-state index in [1.165, 1.54) is 11.1 Å². The molecule has 0 saturated carbocycles. The van der Waals surface area contributed by atoms with E-state index in [1.54, 1.807) is 0 Å². The Balaban J connectivity index is 0.000000963. The summed E-state index contributed by atoms with van der Waals surface area (Å²) in [5.41, 5.74) is 2.94. The first-order valence-electron chi connectivity index (χ1n) is 5.38. The fraction of sp³-hybridized carbons (Fsp3) is 0.500. The van der Waals surface area contributed by atoms with Gasteiger partial charge in [0.15, 0.2) is 0 Å². The Hall–Kier alpha value is -1.15. The van der Waals surface area contributed by atoms with Gasteiger partial charge in [-0.3, -0.25) is 4.79 Å². The number of rotatable bonds is 1. The van der Waals surface area contributed by atoms with Crippen LogP contribution in [0.4, 0.5) is 0 Å². The molecule has 0 spiro atoms. The molecule has 2 nitrogen and oxygen atoms in total. The molecule has 1 aromatic rings. The second-order valence-corrected chi connectivity index (χ2v) is 4.99. The van der Waals surface area contributed by atoms with Crippen molar-refractivity contribution < 1.29 is 9.53 Å². The molecule has 1 fully saturated rings. The van der Waals surface area contributed by atoms with Crippen molar-refractivity contribution in [2.45, 2.75) is 45.3 Å². The minimum absolute atomic E-state index is 0. The summed E-state index contributed by atoms with van der Waals surface area (Å²) in [6.07, 6.45) is 3.04. The maximum Gasteiger partial charge on any atom is 0.150 e. The monoisotopic (exact) mass is 218 g/mol. The first kappa shape index (κ1) is 11.3. The lowest BCUT2D eigenvalue weighted by molar-refractivity contribution is -0.0662. The molecule has 86 valence electrons. The lowest BCUT2D eigenvalue weighted by Gasteiger charge is -2.22. The Bertz CT molecular complexity index is 452. The smallest absolute Gasteiger partial charge is 0.150 e. The van der Waals surface area contributed by atoms with Crippen molar-refractivity contribution in [3.8, 4) is 0 Å². The third kappa shape index (κ3) is 1.20. The fourth-order valence-corrected chi connectivity index (χ4v) is 2.99. The molecular formula is C14H18O2. The molecule has 1 aromatic carbocycles. The van der Waals surface area contributed by atoms with Gasteiger partial charge < -0.3 is 4.74 Å². The van der Waals surface area contributed by atoms with Crippen molar-refractivity contribution in [1.82, 2.24) is 0 Å². The highest BCUT2D eigenvalue weighted by molar-refractivity contribution is 5.76. The van der Waals surface area contributed by atoms with E-state index in [1.807, 2.05) is 18.2 Å². The molecule has 2 aliphatic heterocycles. The summed E-state index contributed by atoms with van der Waals surface area (Å²) < 4.78 is 6.10. The summed E-state index contributed by atoms with van der Waals surface area (Å²) in [6.45, 7) is 4.27. The molecule has 0 radical (unpaired) electrons. The molecule has 16 heavy (non-hydrogen) atoms. The number of fused-ring (bicyclic) bond motifs is 5. The average Bonchev–Trinajstić information content (AvgIpc) is 2.66. The molecule has 1 saturated heterocycles. The van der Waals surface area contributed by atoms with E-state index < -0.39 is 0 Å². The van der Waals surface area contributed by atoms with Crippen LogP contribution in [0.2, 0.25) is 0 Å². The van der Waals surface area contributed by atoms with Gasteiger partial charge >= 0.3 is 0 Å². The normalized spacial score (nSPS) is 34.4. The van der Waals surface area contributed by atoms with Gasteiger partial charge in [-0.1, -0.05) is 19.6 Å². The highest BCUT2D eigenvalue weighted by Crippen LogP contribution is 2.57. The minimum Gasteiger partial charge on any atom is -0.360 e. The topological polar surface area (TPSA) is 26.3 Å². The number of aldehydes is 1. The molecule has 3 rings (SSSR count). The summed E-state index contributed by atoms with van der Waals surface area (Å²) in [4.78, 5) is 10.8. The summed E-state index contributed by atoms with van der Waals surface area (Å²) >= 11 is 0. The number of hydrogen-bond donors (Lipinski definition) is 0. The van der Waals surface area contributed by atoms with E-state index in [9.17, 15) is 4.79 Å². The first-order valence-corrected chi connectivity index (χ1v) is 5.38. The largest absolute Gasteiger partial charge is 0.360 e. The quantitative estimate of drug-likeness (QED) is 0.675. The highest BCUT2D eigenvalue weighted by atomic mass is 16.5. The summed E-state index contributed by atoms with van der Waals surface area (Å²) in [6, 6.07) is 5.90. The van der Waals surface area contributed by atoms with E-state index >= 15 is 0 Å². The molecule has 0 N–H and O–H groups in total. The Labute approximate surface area is 96.6 Å². The van der Waals surface area contributed by atoms with Crippen LogP contribution in [0.5, 0.6) is 0 Å². The van der Waals surface area contributed by atoms with Gasteiger partial charge in [-0.25, -0.2) is 0 Å². The van der Waals surface area contributed by atoms with Crippen molar-refractivity contribution in [2.24, 2.45) is 0 Å². The van der Waals surface area contributed by atoms with Gasteiger partial charge in [-0.2, -0.15) is 0 Å². The van der Waals surface area contributed by atoms with Crippen LogP contribution in [0, 0.1) is 0 Å². The molecule has 2 aliphatic rings. The highest BCUT2D eigenvalue weighted by Gasteiger charge is 2.54. The van der Waals surface area contributed by atoms with Crippen LogP contribution in [0.1, 0.15) is 55.6 Å². The van der Waals surface area contributed by atoms with Crippen LogP contribution < -0.4 is 0 Å². The Morgan fingerprint density at radius 1 is 1.19 bits per heavy atom. The van der Waals surface area contributed by atoms with E-state index in [4.69, 9.17) is 4.74 Å². The number of ether oxygens (including phenoxy) is 1. The molecule has 2 unspecified atom stereocenters. The summed E-state index contributed by atoms with van der Waals surface area (Å²) in [5.74, 6) is 0. The third-order valence-corrected chi connectivity index (χ3v) is 3.85. The van der Waals surface area contributed by atoms with Crippen molar-refractivity contribution in [2.75, 3.05) is 0 Å². The van der Waals surface area contributed by atoms with Gasteiger partial charge in [0.05, 0.1) is 11.2 Å². The second kappa shape index (κ2) is 3.17. The van der Waals surface area contributed by atoms with E-state index in [-0.39, 0.29) is 18.6 Å². The fourth-order valence-electron chi connectivity index (χ4n) is 2.99. The molecule has 0 aromatic heterocycles. The zero-order valence-corrected chi connectivity index (χ0v) is 9.04. The van der Waals surface area contributed by atoms with Crippen LogP contribution in [-0.4, -0.2) is 6.29 Å². The van der Waals surface area contributed by atoms with Crippen LogP contribution in [-0.2, 0) is 15.9 Å². The van der Waals surface area contributed by atoms with Crippen LogP contribution in [0.15, 0.2) is 18.2 Å². The zero-order chi connectivity index (χ0) is 10.7. The van der Waals surface area contributed by atoms with Crippen molar-refractivity contribution in [1.29, 1.82) is 0 Å². The van der Waals surface area contributed by atoms with Gasteiger partial charge in [0.2, 0.25) is 0 Å². The van der Waals surface area contributed by atoms with E-state index in [2.05, 4.69) is 13.8 Å². The Morgan fingerprint density at radius 2 is 1.81 bits per heavy atom. The number of hydrogen-bond acceptors (Lipinski definition) is 2. The van der Waals surface area contributed by atoms with Crippen LogP contribution >= 0.6 is 0 Å². The third-order valence-electron chi connectivity index (χ3n) is 3.85. The van der Waals surface area contributed by atoms with Crippen LogP contribution in [0.3, 0.4) is 0 Å². The van der Waals surface area contributed by atoms with Gasteiger partial charge in [0.25, 0.3) is 0 Å². The number of carbonyl (C=O) groups excluding carboxylic acids is 1. The SMILES string of the molecule is C.CC12CCC(C)(O1)c1cc(C=O)ccc12. The molecular weight excluding hydrogens is 200 g/mol. The number of benzene rings is 1. The molecule has 2 heteroatoms. The maximum atomic E-state index is 10.8. The Morgan fingerprint density at radius 3 is 2.44 bits per heavy atom. The van der Waals surface area contributed by atoms with Crippen molar-refractivity contribution >= 4 is 6.29 Å². The van der Waals surface area contributed by atoms with Gasteiger partial charge in [-0.05, 0) is 43.9 Å². The molecule has 0 aliphatic carbocycles. The standard InChI is InChI=1S/C13H14O2.CH4/c1-12-5-6-13(2,15-12)11-7-9(8-14)3-4-10(11)12;/h3-4,7-8H,5-6H2,1-2H3;1H4. The minimum atomic E-state index is -0.164. The Kier molecular flexibility index (Phi) is 2.25. The summed E-state index contributed by atoms with van der Waals surface area (Å²) in [5, 5.41) is 0. The van der Waals surface area contributed by atoms with Gasteiger partial charge in [-0.15, -0.1) is 0 Å². The van der Waals surface area contributed by atoms with Crippen LogP contribution in [0.25, 0.3) is 0 Å². The van der Waals surface area contributed by atoms with Crippen molar-refractivity contribution in [3.05, 3.63) is 34.9 Å². The van der Waals surface area contributed by atoms with E-state index in [0.717, 1.165) is 24.7 Å². The van der Waals surface area contributed by atoms with Crippen molar-refractivity contribution in [3.63, 3.8) is 0 Å². The lowest BCUT2D eigenvalue weighted by Crippen LogP contribution is -2.18. The predicted molar refractivity (Wildman–Crippen MR) is 63.6 cm³/mol. The van der Waals surface area contributed by atoms with E-state index in [0.29, 0.717) is 0 Å². The molecule has 2 bridgehead atoms. The molecule has 0 amide bonds. The average molecular weight is 218 g/mol.